The number of para-hydroxylation sites is 1. The second kappa shape index (κ2) is 5.84. The Morgan fingerprint density at radius 1 is 1.10 bits per heavy atom. The van der Waals surface area contributed by atoms with Crippen LogP contribution in [-0.2, 0) is 0 Å². The van der Waals surface area contributed by atoms with Gasteiger partial charge in [0.25, 0.3) is 0 Å². The summed E-state index contributed by atoms with van der Waals surface area (Å²) in [6, 6.07) is 15.8. The topological polar surface area (TPSA) is 48.7 Å². The van der Waals surface area contributed by atoms with Crippen molar-refractivity contribution in [2.75, 3.05) is 5.32 Å². The number of hydrogen-bond donors (Lipinski definition) is 1. The van der Waals surface area contributed by atoms with Crippen LogP contribution in [0.3, 0.4) is 0 Å². The van der Waals surface area contributed by atoms with Gasteiger partial charge in [0.05, 0.1) is 22.5 Å². The van der Waals surface area contributed by atoms with E-state index in [0.29, 0.717) is 5.56 Å². The maximum Gasteiger partial charge on any atom is 0.103 e. The average molecular weight is 403 g/mol. The average Bonchev–Trinajstić information content (AvgIpc) is 2.51. The minimum Gasteiger partial charge on any atom is -0.353 e. The molecule has 0 atom stereocenters. The van der Waals surface area contributed by atoms with Gasteiger partial charge < -0.3 is 5.32 Å². The number of benzene rings is 2. The Bertz CT molecular complexity index is 869. The summed E-state index contributed by atoms with van der Waals surface area (Å²) in [7, 11) is 0. The second-order valence-corrected chi connectivity index (χ2v) is 6.20. The summed E-state index contributed by atoms with van der Waals surface area (Å²) in [4.78, 5) is 4.31. The molecule has 0 saturated carbocycles. The molecule has 2 aromatic carbocycles. The zero-order valence-electron chi connectivity index (χ0n) is 10.8. The molecule has 3 rings (SSSR count). The van der Waals surface area contributed by atoms with Crippen molar-refractivity contribution in [3.63, 3.8) is 0 Å². The van der Waals surface area contributed by atoms with E-state index in [4.69, 9.17) is 0 Å². The molecule has 102 valence electrons. The van der Waals surface area contributed by atoms with Gasteiger partial charge in [-0.05, 0) is 40.2 Å². The van der Waals surface area contributed by atoms with Gasteiger partial charge in [-0.1, -0.05) is 34.1 Å². The molecule has 3 aromatic rings. The minimum atomic E-state index is 0.514. The van der Waals surface area contributed by atoms with Crippen LogP contribution in [0, 0.1) is 11.3 Å². The first-order valence-corrected chi connectivity index (χ1v) is 7.77. The zero-order chi connectivity index (χ0) is 14.8. The Balaban J connectivity index is 2.19. The number of nitriles is 1. The van der Waals surface area contributed by atoms with E-state index >= 15 is 0 Å². The fraction of sp³-hybridized carbons (Fsp3) is 0. The van der Waals surface area contributed by atoms with Crippen LogP contribution in [0.2, 0.25) is 0 Å². The lowest BCUT2D eigenvalue weighted by Gasteiger charge is -2.13. The van der Waals surface area contributed by atoms with Crippen molar-refractivity contribution in [3.8, 4) is 6.07 Å². The molecule has 0 spiro atoms. The quantitative estimate of drug-likeness (QED) is 0.626. The molecule has 0 bridgehead atoms. The summed E-state index contributed by atoms with van der Waals surface area (Å²) in [6.45, 7) is 0. The third-order valence-electron chi connectivity index (χ3n) is 3.08. The highest BCUT2D eigenvalue weighted by Gasteiger charge is 2.10. The van der Waals surface area contributed by atoms with Gasteiger partial charge in [-0.15, -0.1) is 0 Å². The molecule has 0 fully saturated rings. The Labute approximate surface area is 138 Å². The summed E-state index contributed by atoms with van der Waals surface area (Å²) in [5, 5.41) is 13.6. The van der Waals surface area contributed by atoms with Crippen molar-refractivity contribution in [1.29, 1.82) is 5.26 Å². The van der Waals surface area contributed by atoms with Crippen molar-refractivity contribution in [1.82, 2.24) is 4.98 Å². The van der Waals surface area contributed by atoms with E-state index in [1.165, 1.54) is 0 Å². The van der Waals surface area contributed by atoms with E-state index in [0.717, 1.165) is 31.2 Å². The van der Waals surface area contributed by atoms with Crippen LogP contribution in [0.25, 0.3) is 10.9 Å². The molecule has 1 heterocycles. The third kappa shape index (κ3) is 2.78. The fourth-order valence-corrected chi connectivity index (χ4v) is 2.80. The predicted octanol–water partition coefficient (Wildman–Crippen LogP) is 5.38. The Kier molecular flexibility index (Phi) is 3.91. The van der Waals surface area contributed by atoms with Crippen LogP contribution in [0.15, 0.2) is 57.6 Å². The fourth-order valence-electron chi connectivity index (χ4n) is 2.09. The minimum absolute atomic E-state index is 0.514. The molecular weight excluding hydrogens is 394 g/mol. The smallest absolute Gasteiger partial charge is 0.103 e. The number of hydrogen-bond acceptors (Lipinski definition) is 3. The molecule has 0 saturated heterocycles. The SMILES string of the molecule is N#Cc1cnc2ccccc2c1Nc1cc(Br)ccc1Br. The van der Waals surface area contributed by atoms with E-state index in [-0.39, 0.29) is 0 Å². The third-order valence-corrected chi connectivity index (χ3v) is 4.27. The monoisotopic (exact) mass is 401 g/mol. The molecule has 0 radical (unpaired) electrons. The summed E-state index contributed by atoms with van der Waals surface area (Å²) >= 11 is 6.97. The summed E-state index contributed by atoms with van der Waals surface area (Å²) in [5.74, 6) is 0. The first-order valence-electron chi connectivity index (χ1n) is 6.19. The summed E-state index contributed by atoms with van der Waals surface area (Å²) in [5.41, 5.74) is 3.02. The number of anilines is 2. The molecule has 0 unspecified atom stereocenters. The van der Waals surface area contributed by atoms with Crippen LogP contribution in [0.1, 0.15) is 5.56 Å². The van der Waals surface area contributed by atoms with Gasteiger partial charge >= 0.3 is 0 Å². The van der Waals surface area contributed by atoms with Gasteiger partial charge in [-0.2, -0.15) is 5.26 Å². The normalized spacial score (nSPS) is 10.3. The number of pyridine rings is 1. The molecule has 0 aliphatic heterocycles. The number of fused-ring (bicyclic) bond motifs is 1. The van der Waals surface area contributed by atoms with Crippen molar-refractivity contribution in [2.24, 2.45) is 0 Å². The molecule has 3 nitrogen and oxygen atoms in total. The highest BCUT2D eigenvalue weighted by Crippen LogP contribution is 2.33. The maximum atomic E-state index is 9.33. The van der Waals surface area contributed by atoms with Crippen LogP contribution >= 0.6 is 31.9 Å². The highest BCUT2D eigenvalue weighted by molar-refractivity contribution is 9.11. The lowest BCUT2D eigenvalue weighted by molar-refractivity contribution is 1.36. The standard InChI is InChI=1S/C16H9Br2N3/c17-11-5-6-13(18)15(7-11)21-16-10(8-19)9-20-14-4-2-1-3-12(14)16/h1-7,9H,(H,20,21). The van der Waals surface area contributed by atoms with Gasteiger partial charge in [0.1, 0.15) is 6.07 Å². The lowest BCUT2D eigenvalue weighted by Crippen LogP contribution is -1.97. The molecule has 1 aromatic heterocycles. The van der Waals surface area contributed by atoms with Gasteiger partial charge in [0.15, 0.2) is 0 Å². The predicted molar refractivity (Wildman–Crippen MR) is 91.6 cm³/mol. The van der Waals surface area contributed by atoms with E-state index in [1.54, 1.807) is 6.20 Å². The summed E-state index contributed by atoms with van der Waals surface area (Å²) < 4.78 is 1.89. The van der Waals surface area contributed by atoms with Gasteiger partial charge in [0.2, 0.25) is 0 Å². The second-order valence-electron chi connectivity index (χ2n) is 4.42. The highest BCUT2D eigenvalue weighted by atomic mass is 79.9. The molecule has 0 aliphatic rings. The number of nitrogens with zero attached hydrogens (tertiary/aromatic N) is 2. The summed E-state index contributed by atoms with van der Waals surface area (Å²) in [6.07, 6.45) is 1.59. The van der Waals surface area contributed by atoms with Crippen LogP contribution in [-0.4, -0.2) is 4.98 Å². The van der Waals surface area contributed by atoms with Gasteiger partial charge in [-0.25, -0.2) is 0 Å². The van der Waals surface area contributed by atoms with Crippen molar-refractivity contribution < 1.29 is 0 Å². The number of aromatic nitrogens is 1. The molecule has 1 N–H and O–H groups in total. The Morgan fingerprint density at radius 3 is 2.71 bits per heavy atom. The van der Waals surface area contributed by atoms with Crippen LogP contribution in [0.5, 0.6) is 0 Å². The lowest BCUT2D eigenvalue weighted by atomic mass is 10.1. The molecular formula is C16H9Br2N3. The number of halogens is 2. The van der Waals surface area contributed by atoms with Crippen LogP contribution in [0.4, 0.5) is 11.4 Å². The van der Waals surface area contributed by atoms with Crippen molar-refractivity contribution in [2.45, 2.75) is 0 Å². The number of nitrogens with one attached hydrogen (secondary N) is 1. The van der Waals surface area contributed by atoms with Crippen molar-refractivity contribution in [3.05, 3.63) is 63.2 Å². The van der Waals surface area contributed by atoms with Gasteiger partial charge in [0, 0.05) is 20.5 Å². The van der Waals surface area contributed by atoms with E-state index in [1.807, 2.05) is 42.5 Å². The first kappa shape index (κ1) is 14.1. The zero-order valence-corrected chi connectivity index (χ0v) is 13.9. The maximum absolute atomic E-state index is 9.33. The molecule has 5 heteroatoms. The first-order chi connectivity index (χ1) is 10.2. The van der Waals surface area contributed by atoms with Gasteiger partial charge in [-0.3, -0.25) is 4.98 Å². The Hall–Kier alpha value is -1.90. The van der Waals surface area contributed by atoms with Crippen molar-refractivity contribution >= 4 is 54.1 Å². The van der Waals surface area contributed by atoms with E-state index < -0.39 is 0 Å². The molecule has 0 aliphatic carbocycles. The van der Waals surface area contributed by atoms with Crippen LogP contribution < -0.4 is 5.32 Å². The van der Waals surface area contributed by atoms with E-state index in [2.05, 4.69) is 48.2 Å². The molecule has 21 heavy (non-hydrogen) atoms. The largest absolute Gasteiger partial charge is 0.353 e. The Morgan fingerprint density at radius 2 is 1.90 bits per heavy atom. The molecule has 0 amide bonds. The van der Waals surface area contributed by atoms with E-state index in [9.17, 15) is 5.26 Å². The number of rotatable bonds is 2.